The molecule has 1 atom stereocenters. The molecular formula is C15H21N5O2. The van der Waals surface area contributed by atoms with E-state index in [0.29, 0.717) is 18.7 Å². The molecule has 1 unspecified atom stereocenters. The Bertz CT molecular complexity index is 558. The highest BCUT2D eigenvalue weighted by Crippen LogP contribution is 2.40. The summed E-state index contributed by atoms with van der Waals surface area (Å²) in [5.74, 6) is -0.250. The summed E-state index contributed by atoms with van der Waals surface area (Å²) in [5.41, 5.74) is 5.07. The number of rotatable bonds is 3. The predicted octanol–water partition coefficient (Wildman–Crippen LogP) is -0.125. The second-order valence-corrected chi connectivity index (χ2v) is 5.80. The molecule has 3 rings (SSSR count). The molecule has 118 valence electrons. The van der Waals surface area contributed by atoms with Crippen LogP contribution in [0.25, 0.3) is 0 Å². The van der Waals surface area contributed by atoms with Crippen molar-refractivity contribution in [3.8, 4) is 0 Å². The summed E-state index contributed by atoms with van der Waals surface area (Å²) in [7, 11) is 0. The minimum Gasteiger partial charge on any atom is -0.340 e. The van der Waals surface area contributed by atoms with Crippen LogP contribution in [-0.4, -0.2) is 57.8 Å². The Morgan fingerprint density at radius 3 is 2.59 bits per heavy atom. The van der Waals surface area contributed by atoms with Gasteiger partial charge in [0, 0.05) is 32.0 Å². The second kappa shape index (κ2) is 6.00. The van der Waals surface area contributed by atoms with Crippen molar-refractivity contribution in [1.29, 1.82) is 0 Å². The lowest BCUT2D eigenvalue weighted by atomic mass is 9.90. The largest absolute Gasteiger partial charge is 0.340 e. The van der Waals surface area contributed by atoms with Gasteiger partial charge in [0.05, 0.1) is 18.4 Å². The predicted molar refractivity (Wildman–Crippen MR) is 79.5 cm³/mol. The number of nitrogens with two attached hydrogens (primary N) is 1. The summed E-state index contributed by atoms with van der Waals surface area (Å²) in [6, 6.07) is 0. The van der Waals surface area contributed by atoms with Crippen molar-refractivity contribution in [3.63, 3.8) is 0 Å². The Kier molecular flexibility index (Phi) is 4.06. The lowest BCUT2D eigenvalue weighted by Crippen LogP contribution is -2.57. The lowest BCUT2D eigenvalue weighted by molar-refractivity contribution is -0.151. The summed E-state index contributed by atoms with van der Waals surface area (Å²) < 4.78 is 0. The van der Waals surface area contributed by atoms with Gasteiger partial charge in [-0.3, -0.25) is 19.6 Å². The number of carbonyl (C=O) groups excluding carboxylic acids is 2. The molecule has 2 aliphatic rings. The van der Waals surface area contributed by atoms with Crippen LogP contribution in [-0.2, 0) is 15.1 Å². The van der Waals surface area contributed by atoms with E-state index in [4.69, 9.17) is 5.73 Å². The minimum atomic E-state index is -1.03. The fourth-order valence-corrected chi connectivity index (χ4v) is 3.56. The topological polar surface area (TPSA) is 92.4 Å². The van der Waals surface area contributed by atoms with Gasteiger partial charge in [0.15, 0.2) is 5.54 Å². The molecule has 2 fully saturated rings. The van der Waals surface area contributed by atoms with Gasteiger partial charge in [0.2, 0.25) is 5.91 Å². The molecule has 2 N–H and O–H groups in total. The highest BCUT2D eigenvalue weighted by Gasteiger charge is 2.53. The number of carbonyl (C=O) groups is 2. The van der Waals surface area contributed by atoms with Crippen LogP contribution in [0.2, 0.25) is 0 Å². The minimum absolute atomic E-state index is 0.0372. The maximum Gasteiger partial charge on any atom is 0.254 e. The molecule has 2 saturated heterocycles. The lowest BCUT2D eigenvalue weighted by Gasteiger charge is -2.38. The first-order valence-electron chi connectivity index (χ1n) is 7.76. The summed E-state index contributed by atoms with van der Waals surface area (Å²) in [6.45, 7) is 1.92. The van der Waals surface area contributed by atoms with E-state index >= 15 is 0 Å². The Morgan fingerprint density at radius 1 is 1.18 bits per heavy atom. The molecule has 3 heterocycles. The molecule has 0 radical (unpaired) electrons. The second-order valence-electron chi connectivity index (χ2n) is 5.80. The van der Waals surface area contributed by atoms with Crippen molar-refractivity contribution in [1.82, 2.24) is 19.8 Å². The fourth-order valence-electron chi connectivity index (χ4n) is 3.56. The van der Waals surface area contributed by atoms with Crippen LogP contribution in [0.5, 0.6) is 0 Å². The number of hydrogen-bond donors (Lipinski definition) is 1. The van der Waals surface area contributed by atoms with Gasteiger partial charge in [0.1, 0.15) is 0 Å². The van der Waals surface area contributed by atoms with E-state index in [-0.39, 0.29) is 18.4 Å². The van der Waals surface area contributed by atoms with Crippen LogP contribution < -0.4 is 5.73 Å². The third-order valence-corrected chi connectivity index (χ3v) is 4.59. The molecule has 22 heavy (non-hydrogen) atoms. The van der Waals surface area contributed by atoms with Gasteiger partial charge in [0.25, 0.3) is 5.91 Å². The molecule has 1 aromatic heterocycles. The van der Waals surface area contributed by atoms with Crippen LogP contribution in [0.1, 0.15) is 31.4 Å². The summed E-state index contributed by atoms with van der Waals surface area (Å²) in [5, 5.41) is 0. The number of aromatic nitrogens is 2. The Morgan fingerprint density at radius 2 is 1.95 bits per heavy atom. The third-order valence-electron chi connectivity index (χ3n) is 4.59. The highest BCUT2D eigenvalue weighted by atomic mass is 16.2. The molecule has 0 bridgehead atoms. The zero-order valence-electron chi connectivity index (χ0n) is 12.6. The smallest absolute Gasteiger partial charge is 0.254 e. The molecule has 0 spiro atoms. The van der Waals surface area contributed by atoms with Crippen LogP contribution in [0.15, 0.2) is 18.6 Å². The van der Waals surface area contributed by atoms with Crippen LogP contribution in [0, 0.1) is 0 Å². The molecule has 7 nitrogen and oxygen atoms in total. The van der Waals surface area contributed by atoms with Gasteiger partial charge < -0.3 is 15.5 Å². The molecule has 2 aliphatic heterocycles. The quantitative estimate of drug-likeness (QED) is 0.840. The van der Waals surface area contributed by atoms with E-state index in [1.807, 2.05) is 4.90 Å². The van der Waals surface area contributed by atoms with Crippen LogP contribution >= 0.6 is 0 Å². The van der Waals surface area contributed by atoms with E-state index in [1.165, 1.54) is 0 Å². The Labute approximate surface area is 129 Å². The zero-order valence-corrected chi connectivity index (χ0v) is 12.6. The van der Waals surface area contributed by atoms with Gasteiger partial charge >= 0.3 is 0 Å². The van der Waals surface area contributed by atoms with Crippen LogP contribution in [0.4, 0.5) is 0 Å². The molecular weight excluding hydrogens is 282 g/mol. The zero-order chi connectivity index (χ0) is 15.6. The Hall–Kier alpha value is -2.02. The SMILES string of the molecule is NCC(=O)N1CCCC1(C(=O)N1CCCC1)c1cnccn1. The first-order valence-corrected chi connectivity index (χ1v) is 7.76. The third kappa shape index (κ3) is 2.25. The van der Waals surface area contributed by atoms with Crippen LogP contribution in [0.3, 0.4) is 0 Å². The van der Waals surface area contributed by atoms with E-state index in [2.05, 4.69) is 9.97 Å². The van der Waals surface area contributed by atoms with E-state index in [1.54, 1.807) is 23.5 Å². The number of likely N-dealkylation sites (tertiary alicyclic amines) is 2. The Balaban J connectivity index is 2.05. The van der Waals surface area contributed by atoms with Crippen molar-refractivity contribution in [2.75, 3.05) is 26.2 Å². The van der Waals surface area contributed by atoms with Crippen molar-refractivity contribution in [3.05, 3.63) is 24.3 Å². The highest BCUT2D eigenvalue weighted by molar-refractivity contribution is 5.93. The normalized spacial score (nSPS) is 24.8. The first kappa shape index (κ1) is 14.9. The summed E-state index contributed by atoms with van der Waals surface area (Å²) >= 11 is 0. The van der Waals surface area contributed by atoms with Gasteiger partial charge in [-0.25, -0.2) is 0 Å². The number of nitrogens with zero attached hydrogens (tertiary/aromatic N) is 4. The van der Waals surface area contributed by atoms with Gasteiger partial charge in [-0.1, -0.05) is 0 Å². The van der Waals surface area contributed by atoms with Crippen molar-refractivity contribution >= 4 is 11.8 Å². The molecule has 0 aliphatic carbocycles. The summed E-state index contributed by atoms with van der Waals surface area (Å²) in [4.78, 5) is 37.4. The first-order chi connectivity index (χ1) is 10.7. The number of amides is 2. The molecule has 0 aromatic carbocycles. The van der Waals surface area contributed by atoms with E-state index in [0.717, 1.165) is 32.4 Å². The van der Waals surface area contributed by atoms with Gasteiger partial charge in [-0.15, -0.1) is 0 Å². The van der Waals surface area contributed by atoms with Gasteiger partial charge in [-0.2, -0.15) is 0 Å². The molecule has 0 saturated carbocycles. The van der Waals surface area contributed by atoms with Crippen molar-refractivity contribution < 1.29 is 9.59 Å². The van der Waals surface area contributed by atoms with Crippen molar-refractivity contribution in [2.45, 2.75) is 31.2 Å². The van der Waals surface area contributed by atoms with Gasteiger partial charge in [-0.05, 0) is 25.7 Å². The monoisotopic (exact) mass is 303 g/mol. The molecule has 7 heteroatoms. The maximum atomic E-state index is 13.2. The average Bonchev–Trinajstić information content (AvgIpc) is 3.24. The van der Waals surface area contributed by atoms with Crippen molar-refractivity contribution in [2.24, 2.45) is 5.73 Å². The molecule has 1 aromatic rings. The van der Waals surface area contributed by atoms with E-state index < -0.39 is 5.54 Å². The number of hydrogen-bond acceptors (Lipinski definition) is 5. The average molecular weight is 303 g/mol. The maximum absolute atomic E-state index is 13.2. The fraction of sp³-hybridized carbons (Fsp3) is 0.600. The summed E-state index contributed by atoms with van der Waals surface area (Å²) in [6.07, 6.45) is 8.09. The molecule has 2 amide bonds. The standard InChI is InChI=1S/C15H21N5O2/c16-10-13(21)20-9-3-4-15(20,12-11-17-5-6-18-12)14(22)19-7-1-2-8-19/h5-6,11H,1-4,7-10,16H2. The van der Waals surface area contributed by atoms with E-state index in [9.17, 15) is 9.59 Å².